The molecule has 0 saturated carbocycles. The Morgan fingerprint density at radius 3 is 2.41 bits per heavy atom. The Hall–Kier alpha value is -0.900. The van der Waals surface area contributed by atoms with Crippen LogP contribution in [-0.2, 0) is 9.59 Å². The predicted molar refractivity (Wildman–Crippen MR) is 65.4 cm³/mol. The Balaban J connectivity index is 1.93. The number of imide groups is 1. The topological polar surface area (TPSA) is 49.4 Å². The molecule has 0 aliphatic carbocycles. The second-order valence-electron chi connectivity index (χ2n) is 5.61. The molecule has 2 rings (SSSR count). The molecule has 0 radical (unpaired) electrons. The highest BCUT2D eigenvalue weighted by atomic mass is 16.2. The van der Waals surface area contributed by atoms with Crippen LogP contribution in [-0.4, -0.2) is 35.3 Å². The first kappa shape index (κ1) is 12.6. The maximum absolute atomic E-state index is 11.8. The SMILES string of the molecule is CC1CC(=O)N(CC2CCCC(C)N2)C(=O)C1. The van der Waals surface area contributed by atoms with Gasteiger partial charge in [0.1, 0.15) is 0 Å². The fraction of sp³-hybridized carbons (Fsp3) is 0.846. The second-order valence-corrected chi connectivity index (χ2v) is 5.61. The number of nitrogens with one attached hydrogen (secondary N) is 1. The standard InChI is InChI=1S/C13H22N2O2/c1-9-6-12(16)15(13(17)7-9)8-11-5-3-4-10(2)14-11/h9-11,14H,3-8H2,1-2H3. The minimum Gasteiger partial charge on any atom is -0.310 e. The molecule has 17 heavy (non-hydrogen) atoms. The molecule has 2 saturated heterocycles. The average Bonchev–Trinajstić information content (AvgIpc) is 2.23. The number of carbonyl (C=O) groups excluding carboxylic acids is 2. The number of amides is 2. The summed E-state index contributed by atoms with van der Waals surface area (Å²) in [5.74, 6) is 0.229. The fourth-order valence-electron chi connectivity index (χ4n) is 2.84. The van der Waals surface area contributed by atoms with Crippen molar-refractivity contribution in [2.45, 2.75) is 58.0 Å². The van der Waals surface area contributed by atoms with Crippen molar-refractivity contribution in [3.63, 3.8) is 0 Å². The van der Waals surface area contributed by atoms with Crippen LogP contribution in [0.4, 0.5) is 0 Å². The van der Waals surface area contributed by atoms with Crippen molar-refractivity contribution in [2.24, 2.45) is 5.92 Å². The summed E-state index contributed by atoms with van der Waals surface area (Å²) >= 11 is 0. The lowest BCUT2D eigenvalue weighted by atomic mass is 9.95. The lowest BCUT2D eigenvalue weighted by Gasteiger charge is -2.35. The highest BCUT2D eigenvalue weighted by Gasteiger charge is 2.32. The highest BCUT2D eigenvalue weighted by Crippen LogP contribution is 2.21. The Bertz CT molecular complexity index is 299. The quantitative estimate of drug-likeness (QED) is 0.738. The molecule has 2 atom stereocenters. The van der Waals surface area contributed by atoms with Crippen LogP contribution in [0.3, 0.4) is 0 Å². The van der Waals surface area contributed by atoms with Gasteiger partial charge < -0.3 is 5.32 Å². The van der Waals surface area contributed by atoms with Gasteiger partial charge in [-0.15, -0.1) is 0 Å². The van der Waals surface area contributed by atoms with Crippen LogP contribution in [0, 0.1) is 5.92 Å². The van der Waals surface area contributed by atoms with Crippen LogP contribution in [0.2, 0.25) is 0 Å². The molecule has 2 aliphatic heterocycles. The first-order valence-electron chi connectivity index (χ1n) is 6.65. The van der Waals surface area contributed by atoms with Gasteiger partial charge in [-0.05, 0) is 25.7 Å². The fourth-order valence-corrected chi connectivity index (χ4v) is 2.84. The van der Waals surface area contributed by atoms with Crippen LogP contribution < -0.4 is 5.32 Å². The predicted octanol–water partition coefficient (Wildman–Crippen LogP) is 1.30. The number of nitrogens with zero attached hydrogens (tertiary/aromatic N) is 1. The molecule has 2 unspecified atom stereocenters. The van der Waals surface area contributed by atoms with Gasteiger partial charge in [0.15, 0.2) is 0 Å². The van der Waals surface area contributed by atoms with Crippen LogP contribution in [0.25, 0.3) is 0 Å². The summed E-state index contributed by atoms with van der Waals surface area (Å²) < 4.78 is 0. The van der Waals surface area contributed by atoms with Gasteiger partial charge in [-0.2, -0.15) is 0 Å². The van der Waals surface area contributed by atoms with E-state index in [9.17, 15) is 9.59 Å². The molecule has 2 amide bonds. The lowest BCUT2D eigenvalue weighted by molar-refractivity contribution is -0.150. The molecular formula is C13H22N2O2. The number of likely N-dealkylation sites (tertiary alicyclic amines) is 1. The second kappa shape index (κ2) is 5.17. The maximum Gasteiger partial charge on any atom is 0.229 e. The van der Waals surface area contributed by atoms with Crippen molar-refractivity contribution in [1.29, 1.82) is 0 Å². The molecule has 0 spiro atoms. The summed E-state index contributed by atoms with van der Waals surface area (Å²) in [4.78, 5) is 25.2. The van der Waals surface area contributed by atoms with E-state index in [2.05, 4.69) is 12.2 Å². The summed E-state index contributed by atoms with van der Waals surface area (Å²) in [6.07, 6.45) is 4.49. The van der Waals surface area contributed by atoms with Crippen molar-refractivity contribution in [1.82, 2.24) is 10.2 Å². The van der Waals surface area contributed by atoms with Crippen LogP contribution >= 0.6 is 0 Å². The third kappa shape index (κ3) is 3.06. The van der Waals surface area contributed by atoms with E-state index in [1.165, 1.54) is 17.7 Å². The Morgan fingerprint density at radius 1 is 1.18 bits per heavy atom. The van der Waals surface area contributed by atoms with E-state index in [1.807, 2.05) is 6.92 Å². The van der Waals surface area contributed by atoms with Gasteiger partial charge in [0.05, 0.1) is 0 Å². The van der Waals surface area contributed by atoms with Crippen molar-refractivity contribution in [2.75, 3.05) is 6.54 Å². The van der Waals surface area contributed by atoms with Crippen LogP contribution in [0.15, 0.2) is 0 Å². The number of piperidine rings is 2. The van der Waals surface area contributed by atoms with Gasteiger partial charge in [0, 0.05) is 31.5 Å². The summed E-state index contributed by atoms with van der Waals surface area (Å²) in [6, 6.07) is 0.794. The largest absolute Gasteiger partial charge is 0.310 e. The van der Waals surface area contributed by atoms with Crippen LogP contribution in [0.1, 0.15) is 46.0 Å². The van der Waals surface area contributed by atoms with Crippen molar-refractivity contribution >= 4 is 11.8 Å². The first-order valence-corrected chi connectivity index (χ1v) is 6.65. The highest BCUT2D eigenvalue weighted by molar-refractivity contribution is 5.97. The van der Waals surface area contributed by atoms with Gasteiger partial charge >= 0.3 is 0 Å². The minimum atomic E-state index is 0.00813. The normalized spacial score (nSPS) is 32.0. The minimum absolute atomic E-state index is 0.00813. The first-order chi connectivity index (χ1) is 8.06. The number of rotatable bonds is 2. The molecule has 4 nitrogen and oxygen atoms in total. The third-order valence-electron chi connectivity index (χ3n) is 3.76. The number of carbonyl (C=O) groups is 2. The summed E-state index contributed by atoms with van der Waals surface area (Å²) in [6.45, 7) is 4.69. The van der Waals surface area contributed by atoms with E-state index in [-0.39, 0.29) is 17.7 Å². The zero-order valence-electron chi connectivity index (χ0n) is 10.7. The molecule has 2 aliphatic rings. The molecule has 2 fully saturated rings. The van der Waals surface area contributed by atoms with Crippen molar-refractivity contribution in [3.8, 4) is 0 Å². The van der Waals surface area contributed by atoms with Gasteiger partial charge in [-0.25, -0.2) is 0 Å². The maximum atomic E-state index is 11.8. The van der Waals surface area contributed by atoms with Gasteiger partial charge in [0.2, 0.25) is 11.8 Å². The van der Waals surface area contributed by atoms with Crippen molar-refractivity contribution < 1.29 is 9.59 Å². The molecule has 4 heteroatoms. The summed E-state index contributed by atoms with van der Waals surface area (Å²) in [7, 11) is 0. The summed E-state index contributed by atoms with van der Waals surface area (Å²) in [5.41, 5.74) is 0. The number of hydrogen-bond donors (Lipinski definition) is 1. The Morgan fingerprint density at radius 2 is 1.82 bits per heavy atom. The smallest absolute Gasteiger partial charge is 0.229 e. The van der Waals surface area contributed by atoms with E-state index in [0.717, 1.165) is 6.42 Å². The van der Waals surface area contributed by atoms with Gasteiger partial charge in [-0.1, -0.05) is 13.3 Å². The van der Waals surface area contributed by atoms with Crippen LogP contribution in [0.5, 0.6) is 0 Å². The molecular weight excluding hydrogens is 216 g/mol. The van der Waals surface area contributed by atoms with E-state index < -0.39 is 0 Å². The summed E-state index contributed by atoms with van der Waals surface area (Å²) in [5, 5.41) is 3.47. The third-order valence-corrected chi connectivity index (χ3v) is 3.76. The Labute approximate surface area is 103 Å². The Kier molecular flexibility index (Phi) is 3.82. The molecule has 0 bridgehead atoms. The van der Waals surface area contributed by atoms with Crippen molar-refractivity contribution in [3.05, 3.63) is 0 Å². The van der Waals surface area contributed by atoms with E-state index in [0.29, 0.717) is 31.5 Å². The molecule has 0 aromatic rings. The zero-order chi connectivity index (χ0) is 12.4. The number of hydrogen-bond acceptors (Lipinski definition) is 3. The molecule has 96 valence electrons. The molecule has 1 N–H and O–H groups in total. The van der Waals surface area contributed by atoms with Gasteiger partial charge in [0.25, 0.3) is 0 Å². The van der Waals surface area contributed by atoms with E-state index >= 15 is 0 Å². The molecule has 0 aromatic heterocycles. The molecule has 0 aromatic carbocycles. The van der Waals surface area contributed by atoms with E-state index in [4.69, 9.17) is 0 Å². The zero-order valence-corrected chi connectivity index (χ0v) is 10.7. The molecule has 2 heterocycles. The van der Waals surface area contributed by atoms with E-state index in [1.54, 1.807) is 0 Å². The lowest BCUT2D eigenvalue weighted by Crippen LogP contribution is -2.52. The van der Waals surface area contributed by atoms with Gasteiger partial charge in [-0.3, -0.25) is 14.5 Å². The average molecular weight is 238 g/mol. The monoisotopic (exact) mass is 238 g/mol.